The molecule has 1 rings (SSSR count). The van der Waals surface area contributed by atoms with Gasteiger partial charge in [0, 0.05) is 26.2 Å². The van der Waals surface area contributed by atoms with Gasteiger partial charge < -0.3 is 15.3 Å². The van der Waals surface area contributed by atoms with Crippen LogP contribution in [0.3, 0.4) is 0 Å². The van der Waals surface area contributed by atoms with Gasteiger partial charge >= 0.3 is 0 Å². The van der Waals surface area contributed by atoms with Gasteiger partial charge in [0.25, 0.3) is 0 Å². The molecule has 0 bridgehead atoms. The van der Waals surface area contributed by atoms with E-state index >= 15 is 0 Å². The van der Waals surface area contributed by atoms with Crippen LogP contribution in [-0.4, -0.2) is 41.4 Å². The number of aliphatic hydroxyl groups excluding tert-OH is 1. The Labute approximate surface area is 97.8 Å². The van der Waals surface area contributed by atoms with Crippen molar-refractivity contribution >= 4 is 17.3 Å². The summed E-state index contributed by atoms with van der Waals surface area (Å²) in [6.07, 6.45) is 4.62. The first-order valence-electron chi connectivity index (χ1n) is 5.91. The van der Waals surface area contributed by atoms with Gasteiger partial charge in [-0.3, -0.25) is 0 Å². The molecular weight excluding hydrogens is 208 g/mol. The van der Waals surface area contributed by atoms with E-state index in [4.69, 9.17) is 17.3 Å². The van der Waals surface area contributed by atoms with Crippen LogP contribution >= 0.6 is 12.2 Å². The van der Waals surface area contributed by atoms with Crippen molar-refractivity contribution in [2.75, 3.05) is 26.2 Å². The summed E-state index contributed by atoms with van der Waals surface area (Å²) in [5, 5.41) is 13.3. The molecule has 2 N–H and O–H groups in total. The predicted octanol–water partition coefficient (Wildman–Crippen LogP) is 1.37. The lowest BCUT2D eigenvalue weighted by Gasteiger charge is -2.33. The Morgan fingerprint density at radius 3 is 3.07 bits per heavy atom. The molecule has 1 fully saturated rings. The van der Waals surface area contributed by atoms with Gasteiger partial charge in [0.05, 0.1) is 0 Å². The molecule has 0 aromatic heterocycles. The first kappa shape index (κ1) is 12.7. The van der Waals surface area contributed by atoms with E-state index < -0.39 is 0 Å². The van der Waals surface area contributed by atoms with Crippen LogP contribution in [-0.2, 0) is 0 Å². The Balaban J connectivity index is 2.25. The van der Waals surface area contributed by atoms with Gasteiger partial charge in [0.1, 0.15) is 0 Å². The second kappa shape index (κ2) is 7.01. The number of hydrogen-bond acceptors (Lipinski definition) is 2. The monoisotopic (exact) mass is 230 g/mol. The molecule has 1 heterocycles. The van der Waals surface area contributed by atoms with Gasteiger partial charge in [0.15, 0.2) is 5.11 Å². The Hall–Kier alpha value is -0.350. The summed E-state index contributed by atoms with van der Waals surface area (Å²) >= 11 is 5.32. The van der Waals surface area contributed by atoms with Crippen LogP contribution in [0.1, 0.15) is 32.6 Å². The number of nitrogens with one attached hydrogen (secondary N) is 1. The Morgan fingerprint density at radius 2 is 2.40 bits per heavy atom. The molecule has 0 aromatic rings. The van der Waals surface area contributed by atoms with Crippen molar-refractivity contribution in [3.8, 4) is 0 Å². The standard InChI is InChI=1S/C11H22N2OS/c1-2-3-6-12-11(15)13-7-4-5-10(8-13)9-14/h10,14H,2-9H2,1H3,(H,12,15). The molecule has 88 valence electrons. The number of unbranched alkanes of at least 4 members (excludes halogenated alkanes) is 1. The Bertz CT molecular complexity index is 199. The molecule has 0 spiro atoms. The van der Waals surface area contributed by atoms with Crippen LogP contribution in [0.25, 0.3) is 0 Å². The number of nitrogens with zero attached hydrogens (tertiary/aromatic N) is 1. The summed E-state index contributed by atoms with van der Waals surface area (Å²) in [5.41, 5.74) is 0. The number of likely N-dealkylation sites (tertiary alicyclic amines) is 1. The highest BCUT2D eigenvalue weighted by Gasteiger charge is 2.20. The van der Waals surface area contributed by atoms with Crippen LogP contribution in [0.4, 0.5) is 0 Å². The lowest BCUT2D eigenvalue weighted by Crippen LogP contribution is -2.46. The summed E-state index contributed by atoms with van der Waals surface area (Å²) in [6, 6.07) is 0. The average Bonchev–Trinajstić information content (AvgIpc) is 2.29. The molecule has 1 atom stereocenters. The third kappa shape index (κ3) is 4.34. The molecule has 0 radical (unpaired) electrons. The number of thiocarbonyl (C=S) groups is 1. The summed E-state index contributed by atoms with van der Waals surface area (Å²) in [5.74, 6) is 0.407. The lowest BCUT2D eigenvalue weighted by molar-refractivity contribution is 0.160. The van der Waals surface area contributed by atoms with E-state index in [9.17, 15) is 0 Å². The minimum atomic E-state index is 0.286. The molecule has 1 unspecified atom stereocenters. The van der Waals surface area contributed by atoms with E-state index in [0.29, 0.717) is 5.92 Å². The van der Waals surface area contributed by atoms with Crippen molar-refractivity contribution in [2.45, 2.75) is 32.6 Å². The highest BCUT2D eigenvalue weighted by Crippen LogP contribution is 2.15. The normalized spacial score (nSPS) is 21.5. The Morgan fingerprint density at radius 1 is 1.60 bits per heavy atom. The van der Waals surface area contributed by atoms with Crippen LogP contribution < -0.4 is 5.32 Å². The SMILES string of the molecule is CCCCNC(=S)N1CCCC(CO)C1. The predicted molar refractivity (Wildman–Crippen MR) is 66.9 cm³/mol. The first-order valence-corrected chi connectivity index (χ1v) is 6.32. The van der Waals surface area contributed by atoms with E-state index in [0.717, 1.165) is 44.0 Å². The number of rotatable bonds is 4. The molecule has 1 aliphatic rings. The topological polar surface area (TPSA) is 35.5 Å². The zero-order valence-corrected chi connectivity index (χ0v) is 10.4. The molecule has 1 saturated heterocycles. The third-order valence-electron chi connectivity index (χ3n) is 2.87. The third-order valence-corrected chi connectivity index (χ3v) is 3.27. The van der Waals surface area contributed by atoms with Crippen LogP contribution in [0.5, 0.6) is 0 Å². The van der Waals surface area contributed by atoms with Crippen molar-refractivity contribution in [3.63, 3.8) is 0 Å². The van der Waals surface area contributed by atoms with Crippen molar-refractivity contribution in [1.29, 1.82) is 0 Å². The number of piperidine rings is 1. The summed E-state index contributed by atoms with van der Waals surface area (Å²) in [4.78, 5) is 2.19. The average molecular weight is 230 g/mol. The van der Waals surface area contributed by atoms with Crippen molar-refractivity contribution in [3.05, 3.63) is 0 Å². The van der Waals surface area contributed by atoms with Gasteiger partial charge in [0.2, 0.25) is 0 Å². The van der Waals surface area contributed by atoms with Crippen molar-refractivity contribution < 1.29 is 5.11 Å². The van der Waals surface area contributed by atoms with Gasteiger partial charge in [-0.1, -0.05) is 13.3 Å². The highest BCUT2D eigenvalue weighted by atomic mass is 32.1. The van der Waals surface area contributed by atoms with Crippen molar-refractivity contribution in [2.24, 2.45) is 5.92 Å². The van der Waals surface area contributed by atoms with E-state index in [1.165, 1.54) is 6.42 Å². The number of hydrogen-bond donors (Lipinski definition) is 2. The van der Waals surface area contributed by atoms with E-state index in [1.807, 2.05) is 0 Å². The fraction of sp³-hybridized carbons (Fsp3) is 0.909. The summed E-state index contributed by atoms with van der Waals surface area (Å²) in [6.45, 7) is 5.38. The van der Waals surface area contributed by atoms with Gasteiger partial charge in [-0.05, 0) is 37.4 Å². The van der Waals surface area contributed by atoms with Crippen LogP contribution in [0.15, 0.2) is 0 Å². The van der Waals surface area contributed by atoms with Crippen LogP contribution in [0.2, 0.25) is 0 Å². The minimum absolute atomic E-state index is 0.286. The zero-order valence-electron chi connectivity index (χ0n) is 9.54. The molecule has 15 heavy (non-hydrogen) atoms. The molecule has 0 saturated carbocycles. The second-order valence-corrected chi connectivity index (χ2v) is 4.61. The van der Waals surface area contributed by atoms with Gasteiger partial charge in [-0.25, -0.2) is 0 Å². The van der Waals surface area contributed by atoms with Gasteiger partial charge in [-0.15, -0.1) is 0 Å². The molecule has 0 aromatic carbocycles. The molecule has 0 aliphatic carbocycles. The zero-order chi connectivity index (χ0) is 11.1. The number of aliphatic hydroxyl groups is 1. The lowest BCUT2D eigenvalue weighted by atomic mass is 9.99. The second-order valence-electron chi connectivity index (χ2n) is 4.22. The smallest absolute Gasteiger partial charge is 0.168 e. The molecule has 3 nitrogen and oxygen atoms in total. The molecule has 0 amide bonds. The quantitative estimate of drug-likeness (QED) is 0.565. The van der Waals surface area contributed by atoms with Gasteiger partial charge in [-0.2, -0.15) is 0 Å². The maximum Gasteiger partial charge on any atom is 0.168 e. The Kier molecular flexibility index (Phi) is 5.95. The fourth-order valence-corrected chi connectivity index (χ4v) is 2.15. The van der Waals surface area contributed by atoms with Crippen LogP contribution in [0, 0.1) is 5.92 Å². The molecule has 1 aliphatic heterocycles. The maximum absolute atomic E-state index is 9.11. The maximum atomic E-state index is 9.11. The first-order chi connectivity index (χ1) is 7.27. The van der Waals surface area contributed by atoms with E-state index in [2.05, 4.69) is 17.1 Å². The highest BCUT2D eigenvalue weighted by molar-refractivity contribution is 7.80. The van der Waals surface area contributed by atoms with Crippen molar-refractivity contribution in [1.82, 2.24) is 10.2 Å². The molecule has 4 heteroatoms. The molecular formula is C11H22N2OS. The summed E-state index contributed by atoms with van der Waals surface area (Å²) in [7, 11) is 0. The summed E-state index contributed by atoms with van der Waals surface area (Å²) < 4.78 is 0. The minimum Gasteiger partial charge on any atom is -0.396 e. The van der Waals surface area contributed by atoms with E-state index in [-0.39, 0.29) is 6.61 Å². The van der Waals surface area contributed by atoms with E-state index in [1.54, 1.807) is 0 Å². The largest absolute Gasteiger partial charge is 0.396 e. The fourth-order valence-electron chi connectivity index (χ4n) is 1.88.